The number of rotatable bonds is 5. The lowest BCUT2D eigenvalue weighted by atomic mass is 10.2. The quantitative estimate of drug-likeness (QED) is 0.845. The van der Waals surface area contributed by atoms with Crippen molar-refractivity contribution in [1.82, 2.24) is 10.2 Å². The molecule has 3 rings (SSSR count). The van der Waals surface area contributed by atoms with E-state index >= 15 is 0 Å². The topological polar surface area (TPSA) is 37.8 Å². The molecule has 0 spiro atoms. The first-order valence-electron chi connectivity index (χ1n) is 6.08. The zero-order chi connectivity index (χ0) is 12.4. The Kier molecular flexibility index (Phi) is 3.52. The molecule has 0 radical (unpaired) electrons. The Morgan fingerprint density at radius 2 is 2.28 bits per heavy atom. The Bertz CT molecular complexity index is 535. The summed E-state index contributed by atoms with van der Waals surface area (Å²) in [7, 11) is 0. The van der Waals surface area contributed by atoms with Crippen LogP contribution in [-0.4, -0.2) is 16.2 Å². The van der Waals surface area contributed by atoms with Crippen LogP contribution in [0.5, 0.6) is 0 Å². The molecule has 1 saturated carbocycles. The lowest BCUT2D eigenvalue weighted by molar-refractivity contribution is 0.994. The summed E-state index contributed by atoms with van der Waals surface area (Å²) in [6.45, 7) is 2.12. The molecule has 1 N–H and O–H groups in total. The van der Waals surface area contributed by atoms with Crippen molar-refractivity contribution < 1.29 is 0 Å². The predicted octanol–water partition coefficient (Wildman–Crippen LogP) is 3.71. The second kappa shape index (κ2) is 5.28. The van der Waals surface area contributed by atoms with E-state index in [1.807, 2.05) is 0 Å². The number of anilines is 1. The number of hydrogen-bond acceptors (Lipinski definition) is 5. The molecule has 1 heterocycles. The molecule has 1 aromatic heterocycles. The van der Waals surface area contributed by atoms with Crippen LogP contribution in [0.1, 0.15) is 24.0 Å². The van der Waals surface area contributed by atoms with E-state index in [-0.39, 0.29) is 0 Å². The lowest BCUT2D eigenvalue weighted by Gasteiger charge is -1.99. The fourth-order valence-electron chi connectivity index (χ4n) is 1.68. The average molecular weight is 277 g/mol. The van der Waals surface area contributed by atoms with E-state index in [2.05, 4.69) is 46.7 Å². The average Bonchev–Trinajstić information content (AvgIpc) is 3.05. The highest BCUT2D eigenvalue weighted by Gasteiger charge is 2.22. The largest absolute Gasteiger partial charge is 0.357 e. The molecule has 94 valence electrons. The van der Waals surface area contributed by atoms with Gasteiger partial charge in [-0.2, -0.15) is 0 Å². The number of hydrogen-bond donors (Lipinski definition) is 1. The van der Waals surface area contributed by atoms with Gasteiger partial charge in [0.1, 0.15) is 0 Å². The third-order valence-electron chi connectivity index (χ3n) is 2.76. The third-order valence-corrected chi connectivity index (χ3v) is 4.82. The number of aryl methyl sites for hydroxylation is 1. The summed E-state index contributed by atoms with van der Waals surface area (Å²) < 4.78 is 1.04. The highest BCUT2D eigenvalue weighted by Crippen LogP contribution is 2.31. The molecule has 0 aliphatic heterocycles. The molecule has 0 bridgehead atoms. The van der Waals surface area contributed by atoms with Gasteiger partial charge in [0.15, 0.2) is 4.34 Å². The van der Waals surface area contributed by atoms with E-state index in [0.717, 1.165) is 15.2 Å². The van der Waals surface area contributed by atoms with Gasteiger partial charge >= 0.3 is 0 Å². The van der Waals surface area contributed by atoms with Crippen molar-refractivity contribution in [3.05, 3.63) is 35.4 Å². The van der Waals surface area contributed by atoms with Crippen LogP contribution in [-0.2, 0) is 5.75 Å². The van der Waals surface area contributed by atoms with Crippen molar-refractivity contribution in [1.29, 1.82) is 0 Å². The number of benzene rings is 1. The molecule has 5 heteroatoms. The Balaban J connectivity index is 1.57. The maximum Gasteiger partial charge on any atom is 0.206 e. The number of aromatic nitrogens is 2. The van der Waals surface area contributed by atoms with Gasteiger partial charge in [0.25, 0.3) is 0 Å². The van der Waals surface area contributed by atoms with Crippen LogP contribution in [0, 0.1) is 6.92 Å². The third kappa shape index (κ3) is 3.23. The highest BCUT2D eigenvalue weighted by molar-refractivity contribution is 8.00. The molecule has 1 aliphatic carbocycles. The van der Waals surface area contributed by atoms with Crippen molar-refractivity contribution in [2.75, 3.05) is 5.32 Å². The lowest BCUT2D eigenvalue weighted by Crippen LogP contribution is -1.99. The van der Waals surface area contributed by atoms with Gasteiger partial charge < -0.3 is 5.32 Å². The molecule has 0 saturated heterocycles. The van der Waals surface area contributed by atoms with Crippen LogP contribution >= 0.6 is 23.1 Å². The number of nitrogens with zero attached hydrogens (tertiary/aromatic N) is 2. The summed E-state index contributed by atoms with van der Waals surface area (Å²) in [6.07, 6.45) is 2.54. The van der Waals surface area contributed by atoms with Crippen LogP contribution in [0.2, 0.25) is 0 Å². The SMILES string of the molecule is Cc1cccc(CSc2nnc(NC3CC3)s2)c1. The summed E-state index contributed by atoms with van der Waals surface area (Å²) in [5, 5.41) is 12.7. The summed E-state index contributed by atoms with van der Waals surface area (Å²) in [5.41, 5.74) is 2.65. The van der Waals surface area contributed by atoms with E-state index in [4.69, 9.17) is 0 Å². The van der Waals surface area contributed by atoms with E-state index in [1.165, 1.54) is 24.0 Å². The first kappa shape index (κ1) is 12.0. The zero-order valence-corrected chi connectivity index (χ0v) is 11.9. The van der Waals surface area contributed by atoms with E-state index in [1.54, 1.807) is 23.1 Å². The Hall–Kier alpha value is -1.07. The molecule has 1 aromatic carbocycles. The Morgan fingerprint density at radius 3 is 3.06 bits per heavy atom. The molecule has 3 nitrogen and oxygen atoms in total. The summed E-state index contributed by atoms with van der Waals surface area (Å²) in [4.78, 5) is 0. The van der Waals surface area contributed by atoms with Crippen molar-refractivity contribution >= 4 is 28.2 Å². The summed E-state index contributed by atoms with van der Waals surface area (Å²) in [5.74, 6) is 0.958. The Morgan fingerprint density at radius 1 is 1.39 bits per heavy atom. The molecule has 2 aromatic rings. The molecule has 0 atom stereocenters. The van der Waals surface area contributed by atoms with Crippen molar-refractivity contribution in [3.8, 4) is 0 Å². The smallest absolute Gasteiger partial charge is 0.206 e. The maximum absolute atomic E-state index is 4.20. The second-order valence-corrected chi connectivity index (χ2v) is 6.77. The molecule has 0 unspecified atom stereocenters. The molecule has 1 fully saturated rings. The van der Waals surface area contributed by atoms with Crippen LogP contribution in [0.25, 0.3) is 0 Å². The van der Waals surface area contributed by atoms with Gasteiger partial charge in [-0.25, -0.2) is 0 Å². The predicted molar refractivity (Wildman–Crippen MR) is 77.3 cm³/mol. The number of nitrogens with one attached hydrogen (secondary N) is 1. The second-order valence-electron chi connectivity index (χ2n) is 4.57. The minimum atomic E-state index is 0.646. The van der Waals surface area contributed by atoms with Crippen LogP contribution in [0.15, 0.2) is 28.6 Å². The van der Waals surface area contributed by atoms with Gasteiger partial charge in [0.05, 0.1) is 0 Å². The molecule has 1 aliphatic rings. The molecule has 18 heavy (non-hydrogen) atoms. The first-order chi connectivity index (χ1) is 8.79. The minimum Gasteiger partial charge on any atom is -0.357 e. The van der Waals surface area contributed by atoms with Gasteiger partial charge in [0.2, 0.25) is 5.13 Å². The van der Waals surface area contributed by atoms with E-state index < -0.39 is 0 Å². The van der Waals surface area contributed by atoms with Crippen molar-refractivity contribution in [3.63, 3.8) is 0 Å². The standard InChI is InChI=1S/C13H15N3S2/c1-9-3-2-4-10(7-9)8-17-13-16-15-12(18-13)14-11-5-6-11/h2-4,7,11H,5-6,8H2,1H3,(H,14,15). The molecule has 0 amide bonds. The summed E-state index contributed by atoms with van der Waals surface area (Å²) >= 11 is 3.41. The van der Waals surface area contributed by atoms with Gasteiger partial charge in [-0.1, -0.05) is 52.9 Å². The normalized spacial score (nSPS) is 14.7. The van der Waals surface area contributed by atoms with Crippen molar-refractivity contribution in [2.24, 2.45) is 0 Å². The maximum atomic E-state index is 4.20. The fourth-order valence-corrected chi connectivity index (χ4v) is 3.45. The van der Waals surface area contributed by atoms with E-state index in [9.17, 15) is 0 Å². The molecular formula is C13H15N3S2. The number of thioether (sulfide) groups is 1. The zero-order valence-electron chi connectivity index (χ0n) is 10.2. The highest BCUT2D eigenvalue weighted by atomic mass is 32.2. The van der Waals surface area contributed by atoms with Crippen LogP contribution in [0.4, 0.5) is 5.13 Å². The van der Waals surface area contributed by atoms with Crippen LogP contribution in [0.3, 0.4) is 0 Å². The monoisotopic (exact) mass is 277 g/mol. The van der Waals surface area contributed by atoms with Gasteiger partial charge in [0, 0.05) is 11.8 Å². The van der Waals surface area contributed by atoms with E-state index in [0.29, 0.717) is 6.04 Å². The summed E-state index contributed by atoms with van der Waals surface area (Å²) in [6, 6.07) is 9.25. The van der Waals surface area contributed by atoms with Gasteiger partial charge in [-0.05, 0) is 25.3 Å². The Labute approximate surface area is 115 Å². The minimum absolute atomic E-state index is 0.646. The molecular weight excluding hydrogens is 262 g/mol. The first-order valence-corrected chi connectivity index (χ1v) is 7.88. The van der Waals surface area contributed by atoms with Crippen molar-refractivity contribution in [2.45, 2.75) is 35.9 Å². The van der Waals surface area contributed by atoms with Gasteiger partial charge in [-0.15, -0.1) is 10.2 Å². The van der Waals surface area contributed by atoms with Gasteiger partial charge in [-0.3, -0.25) is 0 Å². The van der Waals surface area contributed by atoms with Crippen LogP contribution < -0.4 is 5.32 Å². The fraction of sp³-hybridized carbons (Fsp3) is 0.385.